The van der Waals surface area contributed by atoms with Gasteiger partial charge < -0.3 is 10.1 Å². The molecule has 1 aromatic rings. The fourth-order valence-electron chi connectivity index (χ4n) is 3.49. The van der Waals surface area contributed by atoms with Crippen LogP contribution in [0, 0.1) is 18.3 Å². The van der Waals surface area contributed by atoms with Crippen molar-refractivity contribution in [2.45, 2.75) is 65.5 Å². The van der Waals surface area contributed by atoms with E-state index in [1.54, 1.807) is 11.8 Å². The van der Waals surface area contributed by atoms with Crippen LogP contribution < -0.4 is 10.1 Å². The fourth-order valence-corrected chi connectivity index (χ4v) is 3.73. The molecule has 1 fully saturated rings. The topological polar surface area (TPSA) is 78.2 Å². The first kappa shape index (κ1) is 20.5. The van der Waals surface area contributed by atoms with Gasteiger partial charge in [-0.15, -0.1) is 0 Å². The summed E-state index contributed by atoms with van der Waals surface area (Å²) in [5.74, 6) is 0.180. The lowest BCUT2D eigenvalue weighted by molar-refractivity contribution is 0.0633. The molecule has 1 N–H and O–H groups in total. The lowest BCUT2D eigenvalue weighted by Gasteiger charge is -2.42. The number of nitrogens with zero attached hydrogens (tertiary/aromatic N) is 3. The van der Waals surface area contributed by atoms with Crippen LogP contribution in [0.5, 0.6) is 5.88 Å². The molecule has 0 bridgehead atoms. The molecule has 0 saturated carbocycles. The van der Waals surface area contributed by atoms with Gasteiger partial charge >= 0.3 is 6.09 Å². The summed E-state index contributed by atoms with van der Waals surface area (Å²) in [5.41, 5.74) is 1.41. The van der Waals surface area contributed by atoms with E-state index in [9.17, 15) is 10.1 Å². The Balaban J connectivity index is 2.35. The number of hydrogen-bond acceptors (Lipinski definition) is 5. The standard InChI is InChI=1S/C19H27ClN4O2/c1-6-14-12(2)17(23-16(20)15(14)11-21)26-18(25)24(19(3,4)5)13-7-9-22-10-8-13/h13,22H,6-10H2,1-5H3. The van der Waals surface area contributed by atoms with E-state index in [0.29, 0.717) is 17.5 Å². The average Bonchev–Trinajstić information content (AvgIpc) is 2.57. The fraction of sp³-hybridized carbons (Fsp3) is 0.632. The van der Waals surface area contributed by atoms with E-state index in [4.69, 9.17) is 16.3 Å². The van der Waals surface area contributed by atoms with Crippen molar-refractivity contribution in [3.8, 4) is 11.9 Å². The highest BCUT2D eigenvalue weighted by atomic mass is 35.5. The van der Waals surface area contributed by atoms with Crippen LogP contribution in [0.15, 0.2) is 0 Å². The van der Waals surface area contributed by atoms with E-state index in [1.807, 2.05) is 27.7 Å². The molecule has 1 aliphatic heterocycles. The van der Waals surface area contributed by atoms with Crippen LogP contribution in [0.2, 0.25) is 5.15 Å². The Hall–Kier alpha value is -1.84. The molecule has 2 heterocycles. The Morgan fingerprint density at radius 2 is 2.04 bits per heavy atom. The first-order valence-electron chi connectivity index (χ1n) is 9.01. The Kier molecular flexibility index (Phi) is 6.48. The Labute approximate surface area is 160 Å². The van der Waals surface area contributed by atoms with E-state index < -0.39 is 6.09 Å². The second-order valence-electron chi connectivity index (χ2n) is 7.54. The number of aromatic nitrogens is 1. The summed E-state index contributed by atoms with van der Waals surface area (Å²) in [6.07, 6.45) is 1.95. The number of carbonyl (C=O) groups excluding carboxylic acids is 1. The summed E-state index contributed by atoms with van der Waals surface area (Å²) in [6.45, 7) is 11.5. The van der Waals surface area contributed by atoms with Crippen molar-refractivity contribution in [1.29, 1.82) is 5.26 Å². The molecule has 1 saturated heterocycles. The predicted molar refractivity (Wildman–Crippen MR) is 102 cm³/mol. The van der Waals surface area contributed by atoms with Crippen molar-refractivity contribution in [3.05, 3.63) is 21.8 Å². The minimum absolute atomic E-state index is 0.0712. The molecule has 0 aromatic carbocycles. The highest BCUT2D eigenvalue weighted by molar-refractivity contribution is 6.30. The number of piperidine rings is 1. The lowest BCUT2D eigenvalue weighted by Crippen LogP contribution is -2.55. The van der Waals surface area contributed by atoms with Crippen LogP contribution in [0.4, 0.5) is 4.79 Å². The van der Waals surface area contributed by atoms with Crippen LogP contribution in [0.3, 0.4) is 0 Å². The van der Waals surface area contributed by atoms with E-state index in [1.165, 1.54) is 0 Å². The smallest absolute Gasteiger partial charge is 0.391 e. The first-order chi connectivity index (χ1) is 12.2. The molecule has 1 aliphatic rings. The summed E-state index contributed by atoms with van der Waals surface area (Å²) in [6, 6.07) is 2.20. The SMILES string of the molecule is CCc1c(C)c(OC(=O)N(C2CCNCC2)C(C)(C)C)nc(Cl)c1C#N. The van der Waals surface area contributed by atoms with Gasteiger partial charge in [0.05, 0.1) is 5.56 Å². The molecule has 0 aliphatic carbocycles. The van der Waals surface area contributed by atoms with E-state index in [2.05, 4.69) is 16.4 Å². The molecule has 0 radical (unpaired) electrons. The molecule has 6 nitrogen and oxygen atoms in total. The highest BCUT2D eigenvalue weighted by Gasteiger charge is 2.36. The van der Waals surface area contributed by atoms with Crippen LogP contribution >= 0.6 is 11.6 Å². The molecule has 26 heavy (non-hydrogen) atoms. The Bertz CT molecular complexity index is 716. The van der Waals surface area contributed by atoms with Gasteiger partial charge in [-0.2, -0.15) is 10.2 Å². The predicted octanol–water partition coefficient (Wildman–Crippen LogP) is 3.83. The minimum Gasteiger partial charge on any atom is -0.391 e. The number of nitrogens with one attached hydrogen (secondary N) is 1. The quantitative estimate of drug-likeness (QED) is 0.808. The monoisotopic (exact) mass is 378 g/mol. The second-order valence-corrected chi connectivity index (χ2v) is 7.90. The normalized spacial score (nSPS) is 15.4. The molecule has 2 rings (SSSR count). The largest absolute Gasteiger partial charge is 0.417 e. The number of pyridine rings is 1. The van der Waals surface area contributed by atoms with Crippen LogP contribution in [-0.2, 0) is 6.42 Å². The molecule has 0 spiro atoms. The zero-order valence-electron chi connectivity index (χ0n) is 16.1. The average molecular weight is 379 g/mol. The molecular weight excluding hydrogens is 352 g/mol. The summed E-state index contributed by atoms with van der Waals surface area (Å²) in [5, 5.41) is 12.7. The zero-order chi connectivity index (χ0) is 19.5. The Morgan fingerprint density at radius 3 is 2.54 bits per heavy atom. The number of nitriles is 1. The van der Waals surface area contributed by atoms with Crippen molar-refractivity contribution in [2.24, 2.45) is 0 Å². The van der Waals surface area contributed by atoms with Gasteiger partial charge in [-0.05, 0) is 65.6 Å². The molecular formula is C19H27ClN4O2. The molecule has 142 valence electrons. The molecule has 1 aromatic heterocycles. The van der Waals surface area contributed by atoms with Crippen molar-refractivity contribution < 1.29 is 9.53 Å². The van der Waals surface area contributed by atoms with Gasteiger partial charge in [0.2, 0.25) is 5.88 Å². The summed E-state index contributed by atoms with van der Waals surface area (Å²) >= 11 is 6.14. The van der Waals surface area contributed by atoms with Gasteiger partial charge in [0.15, 0.2) is 5.15 Å². The van der Waals surface area contributed by atoms with Crippen LogP contribution in [0.1, 0.15) is 57.2 Å². The van der Waals surface area contributed by atoms with Gasteiger partial charge in [0.25, 0.3) is 0 Å². The molecule has 7 heteroatoms. The summed E-state index contributed by atoms with van der Waals surface area (Å²) in [4.78, 5) is 19.0. The van der Waals surface area contributed by atoms with E-state index in [-0.39, 0.29) is 22.6 Å². The maximum absolute atomic E-state index is 13.0. The van der Waals surface area contributed by atoms with Gasteiger partial charge in [-0.1, -0.05) is 18.5 Å². The van der Waals surface area contributed by atoms with Crippen molar-refractivity contribution in [3.63, 3.8) is 0 Å². The zero-order valence-corrected chi connectivity index (χ0v) is 16.9. The number of ether oxygens (including phenoxy) is 1. The maximum atomic E-state index is 13.0. The number of carbonyl (C=O) groups is 1. The van der Waals surface area contributed by atoms with Gasteiger partial charge in [-0.25, -0.2) is 4.79 Å². The Morgan fingerprint density at radius 1 is 1.42 bits per heavy atom. The molecule has 1 amide bonds. The van der Waals surface area contributed by atoms with Crippen molar-refractivity contribution >= 4 is 17.7 Å². The van der Waals surface area contributed by atoms with Crippen molar-refractivity contribution in [1.82, 2.24) is 15.2 Å². The third-order valence-corrected chi connectivity index (χ3v) is 5.00. The highest BCUT2D eigenvalue weighted by Crippen LogP contribution is 2.30. The number of halogens is 1. The van der Waals surface area contributed by atoms with E-state index in [0.717, 1.165) is 31.5 Å². The van der Waals surface area contributed by atoms with Crippen LogP contribution in [0.25, 0.3) is 0 Å². The second kappa shape index (κ2) is 8.24. The summed E-state index contributed by atoms with van der Waals surface area (Å²) < 4.78 is 5.67. The third kappa shape index (κ3) is 4.28. The minimum atomic E-state index is -0.428. The molecule has 0 atom stereocenters. The van der Waals surface area contributed by atoms with Gasteiger partial charge in [0, 0.05) is 17.1 Å². The van der Waals surface area contributed by atoms with Gasteiger partial charge in [0.1, 0.15) is 6.07 Å². The maximum Gasteiger partial charge on any atom is 0.417 e. The first-order valence-corrected chi connectivity index (χ1v) is 9.39. The number of amides is 1. The van der Waals surface area contributed by atoms with Crippen molar-refractivity contribution in [2.75, 3.05) is 13.1 Å². The van der Waals surface area contributed by atoms with Crippen LogP contribution in [-0.4, -0.2) is 40.6 Å². The lowest BCUT2D eigenvalue weighted by atomic mass is 9.98. The number of rotatable bonds is 3. The number of hydrogen-bond donors (Lipinski definition) is 1. The third-order valence-electron chi connectivity index (χ3n) is 4.72. The van der Waals surface area contributed by atoms with E-state index >= 15 is 0 Å². The molecule has 0 unspecified atom stereocenters. The van der Waals surface area contributed by atoms with Gasteiger partial charge in [-0.3, -0.25) is 4.90 Å². The summed E-state index contributed by atoms with van der Waals surface area (Å²) in [7, 11) is 0.